The predicted molar refractivity (Wildman–Crippen MR) is 76.8 cm³/mol. The summed E-state index contributed by atoms with van der Waals surface area (Å²) in [5.74, 6) is -0.165. The van der Waals surface area contributed by atoms with Gasteiger partial charge < -0.3 is 4.90 Å². The molecule has 1 aromatic rings. The lowest BCUT2D eigenvalue weighted by molar-refractivity contribution is 0.275. The molecule has 1 aromatic carbocycles. The maximum absolute atomic E-state index is 13.2. The van der Waals surface area contributed by atoms with E-state index in [1.54, 1.807) is 13.0 Å². The second-order valence-corrected chi connectivity index (χ2v) is 5.30. The average molecular weight is 272 g/mol. The number of benzene rings is 1. The van der Waals surface area contributed by atoms with E-state index in [2.05, 4.69) is 18.7 Å². The topological polar surface area (TPSA) is 3.24 Å². The smallest absolute Gasteiger partial charge is 0.126 e. The number of hydrogen-bond donors (Lipinski definition) is 0. The Morgan fingerprint density at radius 1 is 1.22 bits per heavy atom. The first-order valence-electron chi connectivity index (χ1n) is 6.71. The Morgan fingerprint density at radius 2 is 1.83 bits per heavy atom. The minimum atomic E-state index is -0.165. The zero-order valence-corrected chi connectivity index (χ0v) is 12.3. The van der Waals surface area contributed by atoms with E-state index >= 15 is 0 Å². The van der Waals surface area contributed by atoms with Crippen molar-refractivity contribution in [2.75, 3.05) is 19.6 Å². The molecule has 1 atom stereocenters. The van der Waals surface area contributed by atoms with Crippen molar-refractivity contribution in [3.05, 3.63) is 35.1 Å². The second-order valence-electron chi connectivity index (χ2n) is 4.78. The lowest BCUT2D eigenvalue weighted by atomic mass is 10.1. The van der Waals surface area contributed by atoms with Crippen LogP contribution in [-0.2, 0) is 0 Å². The van der Waals surface area contributed by atoms with Gasteiger partial charge in [0, 0.05) is 6.54 Å². The molecule has 0 aliphatic heterocycles. The molecule has 1 unspecified atom stereocenters. The third-order valence-corrected chi connectivity index (χ3v) is 3.43. The Labute approximate surface area is 115 Å². The van der Waals surface area contributed by atoms with Gasteiger partial charge in [-0.3, -0.25) is 0 Å². The minimum absolute atomic E-state index is 0.0672. The van der Waals surface area contributed by atoms with Crippen LogP contribution in [0.5, 0.6) is 0 Å². The summed E-state index contributed by atoms with van der Waals surface area (Å²) in [7, 11) is 0. The first kappa shape index (κ1) is 15.5. The van der Waals surface area contributed by atoms with Gasteiger partial charge in [-0.1, -0.05) is 26.0 Å². The summed E-state index contributed by atoms with van der Waals surface area (Å²) >= 11 is 6.43. The van der Waals surface area contributed by atoms with Crippen molar-refractivity contribution >= 4 is 11.6 Å². The van der Waals surface area contributed by atoms with E-state index in [9.17, 15) is 4.39 Å². The Bertz CT molecular complexity index is 362. The Kier molecular flexibility index (Phi) is 6.66. The molecule has 18 heavy (non-hydrogen) atoms. The van der Waals surface area contributed by atoms with Crippen molar-refractivity contribution in [3.63, 3.8) is 0 Å². The highest BCUT2D eigenvalue weighted by Crippen LogP contribution is 2.23. The van der Waals surface area contributed by atoms with E-state index in [0.717, 1.165) is 38.0 Å². The van der Waals surface area contributed by atoms with Crippen LogP contribution < -0.4 is 0 Å². The lowest BCUT2D eigenvalue weighted by Gasteiger charge is -2.24. The molecule has 0 aromatic heterocycles. The molecule has 0 radical (unpaired) electrons. The average Bonchev–Trinajstić information content (AvgIpc) is 2.33. The summed E-state index contributed by atoms with van der Waals surface area (Å²) in [4.78, 5) is 2.37. The van der Waals surface area contributed by atoms with Crippen LogP contribution in [0.15, 0.2) is 18.2 Å². The largest absolute Gasteiger partial charge is 0.302 e. The molecule has 0 aliphatic rings. The summed E-state index contributed by atoms with van der Waals surface area (Å²) in [5, 5.41) is -0.0672. The zero-order valence-electron chi connectivity index (χ0n) is 11.5. The molecule has 102 valence electrons. The van der Waals surface area contributed by atoms with E-state index in [4.69, 9.17) is 11.6 Å². The van der Waals surface area contributed by atoms with Crippen molar-refractivity contribution in [3.8, 4) is 0 Å². The van der Waals surface area contributed by atoms with Gasteiger partial charge in [0.05, 0.1) is 5.38 Å². The van der Waals surface area contributed by atoms with Crippen LogP contribution in [0.1, 0.15) is 43.2 Å². The molecule has 0 saturated heterocycles. The summed E-state index contributed by atoms with van der Waals surface area (Å²) in [5.41, 5.74) is 1.67. The molecule has 0 amide bonds. The summed E-state index contributed by atoms with van der Waals surface area (Å²) in [6, 6.07) is 5.14. The van der Waals surface area contributed by atoms with Crippen LogP contribution >= 0.6 is 11.6 Å². The lowest BCUT2D eigenvalue weighted by Crippen LogP contribution is -2.28. The molecule has 0 fully saturated rings. The fourth-order valence-electron chi connectivity index (χ4n) is 2.12. The SMILES string of the molecule is CCCN(CCC)CC(Cl)c1ccc(F)c(C)c1. The molecule has 0 bridgehead atoms. The molecular weight excluding hydrogens is 249 g/mol. The third-order valence-electron chi connectivity index (χ3n) is 3.04. The predicted octanol–water partition coefficient (Wildman–Crippen LogP) is 4.54. The normalized spacial score (nSPS) is 13.0. The van der Waals surface area contributed by atoms with E-state index in [1.807, 2.05) is 6.07 Å². The number of nitrogens with zero attached hydrogens (tertiary/aromatic N) is 1. The number of alkyl halides is 1. The van der Waals surface area contributed by atoms with Crippen molar-refractivity contribution in [1.29, 1.82) is 0 Å². The molecule has 1 nitrogen and oxygen atoms in total. The third kappa shape index (κ3) is 4.58. The molecule has 0 heterocycles. The summed E-state index contributed by atoms with van der Waals surface area (Å²) in [6.07, 6.45) is 2.26. The van der Waals surface area contributed by atoms with E-state index < -0.39 is 0 Å². The number of aryl methyl sites for hydroxylation is 1. The minimum Gasteiger partial charge on any atom is -0.302 e. The van der Waals surface area contributed by atoms with Gasteiger partial charge >= 0.3 is 0 Å². The molecule has 1 rings (SSSR count). The molecule has 0 saturated carbocycles. The summed E-state index contributed by atoms with van der Waals surface area (Å²) in [6.45, 7) is 9.09. The second kappa shape index (κ2) is 7.75. The van der Waals surface area contributed by atoms with Crippen LogP contribution in [0.2, 0.25) is 0 Å². The van der Waals surface area contributed by atoms with Crippen LogP contribution in [0, 0.1) is 12.7 Å². The van der Waals surface area contributed by atoms with Gasteiger partial charge in [-0.25, -0.2) is 4.39 Å². The van der Waals surface area contributed by atoms with Crippen molar-refractivity contribution in [1.82, 2.24) is 4.90 Å². The summed E-state index contributed by atoms with van der Waals surface area (Å²) < 4.78 is 13.2. The molecule has 0 N–H and O–H groups in total. The van der Waals surface area contributed by atoms with Gasteiger partial charge in [0.25, 0.3) is 0 Å². The number of halogens is 2. The highest BCUT2D eigenvalue weighted by molar-refractivity contribution is 6.21. The molecular formula is C15H23ClFN. The van der Waals surface area contributed by atoms with Gasteiger partial charge in [0.1, 0.15) is 5.82 Å². The van der Waals surface area contributed by atoms with Gasteiger partial charge in [0.2, 0.25) is 0 Å². The van der Waals surface area contributed by atoms with E-state index in [0.29, 0.717) is 5.56 Å². The van der Waals surface area contributed by atoms with Gasteiger partial charge in [-0.2, -0.15) is 0 Å². The van der Waals surface area contributed by atoms with Gasteiger partial charge in [-0.05, 0) is 50.0 Å². The molecule has 0 spiro atoms. The number of hydrogen-bond acceptors (Lipinski definition) is 1. The quantitative estimate of drug-likeness (QED) is 0.658. The molecule has 0 aliphatic carbocycles. The van der Waals surface area contributed by atoms with Crippen molar-refractivity contribution in [2.45, 2.75) is 39.0 Å². The van der Waals surface area contributed by atoms with Crippen LogP contribution in [0.25, 0.3) is 0 Å². The standard InChI is InChI=1S/C15H23ClFN/c1-4-8-18(9-5-2)11-14(16)13-6-7-15(17)12(3)10-13/h6-7,10,14H,4-5,8-9,11H2,1-3H3. The first-order valence-corrected chi connectivity index (χ1v) is 7.14. The van der Waals surface area contributed by atoms with Gasteiger partial charge in [0.15, 0.2) is 0 Å². The van der Waals surface area contributed by atoms with Crippen molar-refractivity contribution in [2.24, 2.45) is 0 Å². The maximum Gasteiger partial charge on any atom is 0.126 e. The van der Waals surface area contributed by atoms with Crippen molar-refractivity contribution < 1.29 is 4.39 Å². The van der Waals surface area contributed by atoms with Crippen LogP contribution in [-0.4, -0.2) is 24.5 Å². The Hall–Kier alpha value is -0.600. The van der Waals surface area contributed by atoms with Crippen LogP contribution in [0.4, 0.5) is 4.39 Å². The first-order chi connectivity index (χ1) is 8.58. The zero-order chi connectivity index (χ0) is 13.5. The fraction of sp³-hybridized carbons (Fsp3) is 0.600. The number of rotatable bonds is 7. The highest BCUT2D eigenvalue weighted by atomic mass is 35.5. The Morgan fingerprint density at radius 3 is 2.33 bits per heavy atom. The van der Waals surface area contributed by atoms with Gasteiger partial charge in [-0.15, -0.1) is 11.6 Å². The maximum atomic E-state index is 13.2. The highest BCUT2D eigenvalue weighted by Gasteiger charge is 2.13. The van der Waals surface area contributed by atoms with E-state index in [-0.39, 0.29) is 11.2 Å². The fourth-order valence-corrected chi connectivity index (χ4v) is 2.45. The van der Waals surface area contributed by atoms with Crippen LogP contribution in [0.3, 0.4) is 0 Å². The Balaban J connectivity index is 2.67. The monoisotopic (exact) mass is 271 g/mol. The van der Waals surface area contributed by atoms with E-state index in [1.165, 1.54) is 6.07 Å². The molecule has 3 heteroatoms.